The van der Waals surface area contributed by atoms with Gasteiger partial charge in [0.1, 0.15) is 17.4 Å². The highest BCUT2D eigenvalue weighted by molar-refractivity contribution is 5.90. The molecule has 1 aromatic carbocycles. The molecule has 3 aromatic rings. The van der Waals surface area contributed by atoms with Crippen LogP contribution in [0.25, 0.3) is 22.2 Å². The number of nitrogens with zero attached hydrogens (tertiary/aromatic N) is 2. The highest BCUT2D eigenvalue weighted by Gasteiger charge is 2.19. The molecule has 3 heterocycles. The van der Waals surface area contributed by atoms with Gasteiger partial charge in [0.25, 0.3) is 0 Å². The smallest absolute Gasteiger partial charge is 0.160 e. The van der Waals surface area contributed by atoms with Crippen molar-refractivity contribution in [1.82, 2.24) is 4.98 Å². The van der Waals surface area contributed by atoms with E-state index < -0.39 is 5.82 Å². The molecule has 126 valence electrons. The quantitative estimate of drug-likeness (QED) is 0.779. The fraction of sp³-hybridized carbons (Fsp3) is 0.263. The summed E-state index contributed by atoms with van der Waals surface area (Å²) < 4.78 is 25.6. The van der Waals surface area contributed by atoms with E-state index in [-0.39, 0.29) is 17.3 Å². The summed E-state index contributed by atoms with van der Waals surface area (Å²) in [6.07, 6.45) is 4.78. The number of nitriles is 1. The standard InChI is InChI=1S/C19H16FN3O2/c20-16-10-12(15-1-5-22-17-4-8-25-19(15)17)9-13(11-21)18(16)23-14-2-6-24-7-3-14/h1,4-5,8-10,14,23H,2-3,6-7H2. The molecular formula is C19H16FN3O2. The first-order valence-electron chi connectivity index (χ1n) is 8.17. The number of nitrogens with one attached hydrogen (secondary N) is 1. The third-order valence-electron chi connectivity index (χ3n) is 4.44. The first-order valence-corrected chi connectivity index (χ1v) is 8.17. The summed E-state index contributed by atoms with van der Waals surface area (Å²) in [7, 11) is 0. The lowest BCUT2D eigenvalue weighted by molar-refractivity contribution is 0.0904. The summed E-state index contributed by atoms with van der Waals surface area (Å²) >= 11 is 0. The van der Waals surface area contributed by atoms with E-state index in [0.717, 1.165) is 12.8 Å². The fourth-order valence-corrected chi connectivity index (χ4v) is 3.14. The number of ether oxygens (including phenoxy) is 1. The zero-order valence-electron chi connectivity index (χ0n) is 13.5. The van der Waals surface area contributed by atoms with Gasteiger partial charge < -0.3 is 14.5 Å². The topological polar surface area (TPSA) is 71.1 Å². The second-order valence-electron chi connectivity index (χ2n) is 6.02. The minimum Gasteiger partial charge on any atom is -0.462 e. The van der Waals surface area contributed by atoms with Crippen LogP contribution in [0, 0.1) is 17.1 Å². The molecule has 1 N–H and O–H groups in total. The molecular weight excluding hydrogens is 321 g/mol. The lowest BCUT2D eigenvalue weighted by Crippen LogP contribution is -2.28. The maximum absolute atomic E-state index is 14.8. The molecule has 0 radical (unpaired) electrons. The molecule has 25 heavy (non-hydrogen) atoms. The molecule has 0 spiro atoms. The van der Waals surface area contributed by atoms with E-state index in [9.17, 15) is 9.65 Å². The Kier molecular flexibility index (Phi) is 4.08. The van der Waals surface area contributed by atoms with E-state index in [1.54, 1.807) is 30.7 Å². The van der Waals surface area contributed by atoms with Crippen molar-refractivity contribution < 1.29 is 13.5 Å². The number of hydrogen-bond donors (Lipinski definition) is 1. The fourth-order valence-electron chi connectivity index (χ4n) is 3.14. The maximum Gasteiger partial charge on any atom is 0.160 e. The van der Waals surface area contributed by atoms with Crippen molar-refractivity contribution in [2.75, 3.05) is 18.5 Å². The van der Waals surface area contributed by atoms with E-state index in [4.69, 9.17) is 9.15 Å². The Bertz CT molecular complexity index is 955. The molecule has 2 aromatic heterocycles. The monoisotopic (exact) mass is 337 g/mol. The van der Waals surface area contributed by atoms with Crippen LogP contribution in [0.4, 0.5) is 10.1 Å². The van der Waals surface area contributed by atoms with E-state index in [1.165, 1.54) is 6.07 Å². The molecule has 1 fully saturated rings. The van der Waals surface area contributed by atoms with Gasteiger partial charge in [-0.05, 0) is 36.6 Å². The minimum atomic E-state index is -0.447. The third kappa shape index (κ3) is 2.94. The van der Waals surface area contributed by atoms with Gasteiger partial charge in [0.15, 0.2) is 5.58 Å². The molecule has 4 rings (SSSR count). The second kappa shape index (κ2) is 6.54. The molecule has 6 heteroatoms. The van der Waals surface area contributed by atoms with E-state index in [0.29, 0.717) is 35.4 Å². The molecule has 0 aliphatic carbocycles. The largest absolute Gasteiger partial charge is 0.462 e. The molecule has 0 amide bonds. The van der Waals surface area contributed by atoms with E-state index in [1.807, 2.05) is 0 Å². The molecule has 5 nitrogen and oxygen atoms in total. The van der Waals surface area contributed by atoms with Gasteiger partial charge in [-0.25, -0.2) is 4.39 Å². The van der Waals surface area contributed by atoms with Crippen LogP contribution in [-0.4, -0.2) is 24.2 Å². The molecule has 0 atom stereocenters. The van der Waals surface area contributed by atoms with Crippen molar-refractivity contribution in [3.8, 4) is 17.2 Å². The number of hydrogen-bond acceptors (Lipinski definition) is 5. The number of anilines is 1. The number of pyridine rings is 1. The van der Waals surface area contributed by atoms with Gasteiger partial charge in [0, 0.05) is 37.1 Å². The Morgan fingerprint density at radius 3 is 2.88 bits per heavy atom. The first kappa shape index (κ1) is 15.6. The lowest BCUT2D eigenvalue weighted by Gasteiger charge is -2.25. The summed E-state index contributed by atoms with van der Waals surface area (Å²) in [6, 6.07) is 8.83. The van der Waals surface area contributed by atoms with Crippen molar-refractivity contribution in [3.63, 3.8) is 0 Å². The average Bonchev–Trinajstić information content (AvgIpc) is 3.13. The van der Waals surface area contributed by atoms with Crippen molar-refractivity contribution in [3.05, 3.63) is 48.1 Å². The van der Waals surface area contributed by atoms with Crippen LogP contribution < -0.4 is 5.32 Å². The van der Waals surface area contributed by atoms with Crippen LogP contribution in [0.2, 0.25) is 0 Å². The zero-order chi connectivity index (χ0) is 17.2. The van der Waals surface area contributed by atoms with Crippen LogP contribution in [0.3, 0.4) is 0 Å². The highest BCUT2D eigenvalue weighted by Crippen LogP contribution is 2.33. The van der Waals surface area contributed by atoms with Crippen molar-refractivity contribution >= 4 is 16.8 Å². The SMILES string of the molecule is N#Cc1cc(-c2ccnc3ccoc23)cc(F)c1NC1CCOCC1. The Morgan fingerprint density at radius 1 is 1.24 bits per heavy atom. The highest BCUT2D eigenvalue weighted by atomic mass is 19.1. The Labute approximate surface area is 144 Å². The average molecular weight is 337 g/mol. The minimum absolute atomic E-state index is 0.110. The van der Waals surface area contributed by atoms with E-state index >= 15 is 0 Å². The van der Waals surface area contributed by atoms with E-state index in [2.05, 4.69) is 16.4 Å². The number of fused-ring (bicyclic) bond motifs is 1. The van der Waals surface area contributed by atoms with Gasteiger partial charge >= 0.3 is 0 Å². The molecule has 0 bridgehead atoms. The second-order valence-corrected chi connectivity index (χ2v) is 6.02. The van der Waals surface area contributed by atoms with Gasteiger partial charge in [-0.15, -0.1) is 0 Å². The van der Waals surface area contributed by atoms with Gasteiger partial charge in [-0.2, -0.15) is 5.26 Å². The summed E-state index contributed by atoms with van der Waals surface area (Å²) in [4.78, 5) is 4.21. The van der Waals surface area contributed by atoms with Crippen molar-refractivity contribution in [2.45, 2.75) is 18.9 Å². The van der Waals surface area contributed by atoms with Crippen LogP contribution in [0.5, 0.6) is 0 Å². The van der Waals surface area contributed by atoms with Gasteiger partial charge in [0.2, 0.25) is 0 Å². The summed E-state index contributed by atoms with van der Waals surface area (Å²) in [5.74, 6) is -0.447. The number of aromatic nitrogens is 1. The van der Waals surface area contributed by atoms with Crippen molar-refractivity contribution in [1.29, 1.82) is 5.26 Å². The number of furan rings is 1. The maximum atomic E-state index is 14.8. The first-order chi connectivity index (χ1) is 12.3. The molecule has 1 aliphatic heterocycles. The van der Waals surface area contributed by atoms with Crippen molar-refractivity contribution in [2.24, 2.45) is 0 Å². The third-order valence-corrected chi connectivity index (χ3v) is 4.44. The zero-order valence-corrected chi connectivity index (χ0v) is 13.5. The molecule has 0 saturated carbocycles. The summed E-state index contributed by atoms with van der Waals surface area (Å²) in [6.45, 7) is 1.29. The Balaban J connectivity index is 1.75. The van der Waals surface area contributed by atoms with Gasteiger partial charge in [0.05, 0.1) is 17.5 Å². The normalized spacial score (nSPS) is 15.2. The summed E-state index contributed by atoms with van der Waals surface area (Å²) in [5.41, 5.74) is 3.11. The number of halogens is 1. The van der Waals surface area contributed by atoms with Gasteiger partial charge in [-0.3, -0.25) is 4.98 Å². The molecule has 0 unspecified atom stereocenters. The predicted molar refractivity (Wildman–Crippen MR) is 91.6 cm³/mol. The molecule has 1 saturated heterocycles. The number of rotatable bonds is 3. The van der Waals surface area contributed by atoms with Crippen LogP contribution in [-0.2, 0) is 4.74 Å². The van der Waals surface area contributed by atoms with Crippen LogP contribution in [0.1, 0.15) is 18.4 Å². The van der Waals surface area contributed by atoms with Gasteiger partial charge in [-0.1, -0.05) is 0 Å². The summed E-state index contributed by atoms with van der Waals surface area (Å²) in [5, 5.41) is 12.7. The lowest BCUT2D eigenvalue weighted by atomic mass is 10.0. The van der Waals surface area contributed by atoms with Crippen LogP contribution >= 0.6 is 0 Å². The van der Waals surface area contributed by atoms with Crippen LogP contribution in [0.15, 0.2) is 41.1 Å². The number of benzene rings is 1. The predicted octanol–water partition coefficient (Wildman–Crippen LogP) is 4.10. The Hall–Kier alpha value is -2.91. The molecule has 1 aliphatic rings. The Morgan fingerprint density at radius 2 is 2.08 bits per heavy atom.